The van der Waals surface area contributed by atoms with Gasteiger partial charge in [0.05, 0.1) is 0 Å². The van der Waals surface area contributed by atoms with Crippen molar-refractivity contribution in [2.45, 2.75) is 51.4 Å². The van der Waals surface area contributed by atoms with E-state index in [1.807, 2.05) is 12.1 Å². The highest BCUT2D eigenvalue weighted by Crippen LogP contribution is 2.47. The lowest BCUT2D eigenvalue weighted by Gasteiger charge is -2.41. The molecule has 4 rings (SSSR count). The van der Waals surface area contributed by atoms with E-state index >= 15 is 0 Å². The second-order valence-corrected chi connectivity index (χ2v) is 8.08. The van der Waals surface area contributed by atoms with Gasteiger partial charge in [-0.3, -0.25) is 0 Å². The monoisotopic (exact) mass is 322 g/mol. The van der Waals surface area contributed by atoms with Crippen LogP contribution in [0.2, 0.25) is 0 Å². The van der Waals surface area contributed by atoms with Crippen LogP contribution >= 0.6 is 0 Å². The lowest BCUT2D eigenvalue weighted by molar-refractivity contribution is 0.124. The summed E-state index contributed by atoms with van der Waals surface area (Å²) < 4.78 is 13.1. The van der Waals surface area contributed by atoms with Crippen LogP contribution in [0.5, 0.6) is 0 Å². The smallest absolute Gasteiger partial charge is 0.123 e. The van der Waals surface area contributed by atoms with Crippen molar-refractivity contribution in [3.8, 4) is 11.1 Å². The minimum atomic E-state index is -0.172. The van der Waals surface area contributed by atoms with Crippen LogP contribution < -0.4 is 0 Å². The maximum absolute atomic E-state index is 13.1. The minimum Gasteiger partial charge on any atom is -0.207 e. The largest absolute Gasteiger partial charge is 0.207 e. The summed E-state index contributed by atoms with van der Waals surface area (Å²) in [5.74, 6) is 3.45. The lowest BCUT2D eigenvalue weighted by Crippen LogP contribution is -2.29. The van der Waals surface area contributed by atoms with Gasteiger partial charge in [0.2, 0.25) is 0 Å². The van der Waals surface area contributed by atoms with Crippen LogP contribution in [0, 0.1) is 23.6 Å². The number of fused-ring (bicyclic) bond motifs is 1. The maximum atomic E-state index is 13.1. The Kier molecular flexibility index (Phi) is 4.43. The van der Waals surface area contributed by atoms with E-state index in [2.05, 4.69) is 31.2 Å². The molecule has 4 atom stereocenters. The van der Waals surface area contributed by atoms with Gasteiger partial charge in [0.25, 0.3) is 0 Å². The summed E-state index contributed by atoms with van der Waals surface area (Å²) in [4.78, 5) is 0. The van der Waals surface area contributed by atoms with Crippen molar-refractivity contribution >= 4 is 0 Å². The molecule has 0 bridgehead atoms. The van der Waals surface area contributed by atoms with Crippen LogP contribution in [0.15, 0.2) is 48.5 Å². The Morgan fingerprint density at radius 3 is 2.00 bits per heavy atom. The van der Waals surface area contributed by atoms with Crippen molar-refractivity contribution in [1.82, 2.24) is 0 Å². The van der Waals surface area contributed by atoms with Crippen molar-refractivity contribution in [1.29, 1.82) is 0 Å². The van der Waals surface area contributed by atoms with E-state index in [-0.39, 0.29) is 5.82 Å². The molecule has 1 heteroatoms. The first-order valence-corrected chi connectivity index (χ1v) is 9.55. The van der Waals surface area contributed by atoms with Crippen LogP contribution in [-0.4, -0.2) is 0 Å². The Labute approximate surface area is 145 Å². The second kappa shape index (κ2) is 6.70. The zero-order valence-electron chi connectivity index (χ0n) is 14.5. The summed E-state index contributed by atoms with van der Waals surface area (Å²) in [6.45, 7) is 2.43. The van der Waals surface area contributed by atoms with Crippen LogP contribution in [0.4, 0.5) is 4.39 Å². The predicted octanol–water partition coefficient (Wildman–Crippen LogP) is 6.81. The minimum absolute atomic E-state index is 0.172. The zero-order valence-corrected chi connectivity index (χ0v) is 14.5. The Balaban J connectivity index is 1.46. The molecular weight excluding hydrogens is 295 g/mol. The quantitative estimate of drug-likeness (QED) is 0.569. The Morgan fingerprint density at radius 2 is 1.29 bits per heavy atom. The fourth-order valence-corrected chi connectivity index (χ4v) is 5.02. The highest BCUT2D eigenvalue weighted by atomic mass is 19.1. The summed E-state index contributed by atoms with van der Waals surface area (Å²) in [5.41, 5.74) is 3.77. The van der Waals surface area contributed by atoms with Crippen molar-refractivity contribution in [3.63, 3.8) is 0 Å². The number of hydrogen-bond acceptors (Lipinski definition) is 0. The molecule has 2 aromatic carbocycles. The summed E-state index contributed by atoms with van der Waals surface area (Å²) >= 11 is 0. The normalized spacial score (nSPS) is 29.9. The first-order valence-electron chi connectivity index (χ1n) is 9.55. The lowest BCUT2D eigenvalue weighted by atomic mass is 9.64. The average Bonchev–Trinajstić information content (AvgIpc) is 2.62. The topological polar surface area (TPSA) is 0 Å². The van der Waals surface area contributed by atoms with Gasteiger partial charge in [0.15, 0.2) is 0 Å². The van der Waals surface area contributed by atoms with Gasteiger partial charge in [0.1, 0.15) is 5.82 Å². The summed E-state index contributed by atoms with van der Waals surface area (Å²) in [6, 6.07) is 15.8. The van der Waals surface area contributed by atoms with Crippen LogP contribution in [0.25, 0.3) is 11.1 Å². The van der Waals surface area contributed by atoms with Crippen LogP contribution in [-0.2, 0) is 0 Å². The average molecular weight is 322 g/mol. The van der Waals surface area contributed by atoms with Gasteiger partial charge in [-0.2, -0.15) is 0 Å². The number of benzene rings is 2. The molecule has 2 fully saturated rings. The zero-order chi connectivity index (χ0) is 16.5. The highest BCUT2D eigenvalue weighted by molar-refractivity contribution is 5.63. The fourth-order valence-electron chi connectivity index (χ4n) is 5.02. The number of hydrogen-bond donors (Lipinski definition) is 0. The molecule has 4 unspecified atom stereocenters. The van der Waals surface area contributed by atoms with E-state index in [1.54, 1.807) is 0 Å². The van der Waals surface area contributed by atoms with Crippen molar-refractivity contribution in [2.24, 2.45) is 17.8 Å². The molecule has 2 aromatic rings. The molecule has 0 amide bonds. The molecule has 0 nitrogen and oxygen atoms in total. The Hall–Kier alpha value is -1.63. The van der Waals surface area contributed by atoms with Crippen LogP contribution in [0.3, 0.4) is 0 Å². The summed E-state index contributed by atoms with van der Waals surface area (Å²) in [7, 11) is 0. The first kappa shape index (κ1) is 15.9. The Morgan fingerprint density at radius 1 is 0.708 bits per heavy atom. The van der Waals surface area contributed by atoms with Crippen molar-refractivity contribution in [3.05, 3.63) is 59.9 Å². The van der Waals surface area contributed by atoms with Gasteiger partial charge < -0.3 is 0 Å². The second-order valence-electron chi connectivity index (χ2n) is 8.08. The number of rotatable bonds is 2. The van der Waals surface area contributed by atoms with Crippen molar-refractivity contribution < 1.29 is 4.39 Å². The van der Waals surface area contributed by atoms with E-state index in [0.717, 1.165) is 29.2 Å². The van der Waals surface area contributed by atoms with E-state index in [9.17, 15) is 4.39 Å². The third kappa shape index (κ3) is 3.27. The SMILES string of the molecule is CC1CCC2CC(c3ccc(-c4ccc(F)cc4)cc3)CCC2C1. The van der Waals surface area contributed by atoms with Crippen molar-refractivity contribution in [2.75, 3.05) is 0 Å². The van der Waals surface area contributed by atoms with E-state index in [0.29, 0.717) is 0 Å². The van der Waals surface area contributed by atoms with Gasteiger partial charge in [0, 0.05) is 0 Å². The van der Waals surface area contributed by atoms with Gasteiger partial charge in [-0.1, -0.05) is 49.7 Å². The van der Waals surface area contributed by atoms with E-state index in [1.165, 1.54) is 61.8 Å². The molecule has 0 aromatic heterocycles. The molecule has 0 spiro atoms. The molecule has 0 heterocycles. The fraction of sp³-hybridized carbons (Fsp3) is 0.478. The van der Waals surface area contributed by atoms with Gasteiger partial charge in [-0.15, -0.1) is 0 Å². The van der Waals surface area contributed by atoms with Crippen LogP contribution in [0.1, 0.15) is 56.9 Å². The van der Waals surface area contributed by atoms with E-state index in [4.69, 9.17) is 0 Å². The molecule has 24 heavy (non-hydrogen) atoms. The third-order valence-corrected chi connectivity index (χ3v) is 6.43. The number of halogens is 1. The maximum Gasteiger partial charge on any atom is 0.123 e. The molecule has 0 saturated heterocycles. The Bertz CT molecular complexity index is 670. The molecule has 2 aliphatic carbocycles. The van der Waals surface area contributed by atoms with Gasteiger partial charge >= 0.3 is 0 Å². The first-order chi connectivity index (χ1) is 11.7. The van der Waals surface area contributed by atoms with E-state index < -0.39 is 0 Å². The third-order valence-electron chi connectivity index (χ3n) is 6.43. The molecule has 0 aliphatic heterocycles. The molecule has 2 aliphatic rings. The summed E-state index contributed by atoms with van der Waals surface area (Å²) in [6.07, 6.45) is 8.48. The predicted molar refractivity (Wildman–Crippen MR) is 98.4 cm³/mol. The molecule has 0 radical (unpaired) electrons. The molecule has 2 saturated carbocycles. The van der Waals surface area contributed by atoms with Gasteiger partial charge in [-0.25, -0.2) is 4.39 Å². The molecule has 126 valence electrons. The van der Waals surface area contributed by atoms with Gasteiger partial charge in [-0.05, 0) is 84.6 Å². The standard InChI is InChI=1S/C23H27F/c1-16-2-3-22-15-21(9-8-20(22)14-16)19-6-4-17(5-7-19)18-10-12-23(24)13-11-18/h4-7,10-13,16,20-22H,2-3,8-9,14-15H2,1H3. The highest BCUT2D eigenvalue weighted by Gasteiger charge is 2.34. The summed E-state index contributed by atoms with van der Waals surface area (Å²) in [5, 5.41) is 0. The molecule has 0 N–H and O–H groups in total. The molecular formula is C23H27F.